The van der Waals surface area contributed by atoms with Gasteiger partial charge in [0, 0.05) is 12.1 Å². The van der Waals surface area contributed by atoms with E-state index in [0.717, 1.165) is 22.3 Å². The fourth-order valence-corrected chi connectivity index (χ4v) is 5.70. The topological polar surface area (TPSA) is 92.8 Å². The molecule has 1 heterocycles. The van der Waals surface area contributed by atoms with Crippen molar-refractivity contribution in [3.05, 3.63) is 88.9 Å². The molecule has 0 saturated carbocycles. The van der Waals surface area contributed by atoms with Crippen LogP contribution in [-0.4, -0.2) is 38.0 Å². The van der Waals surface area contributed by atoms with Crippen molar-refractivity contribution in [2.24, 2.45) is 10.7 Å². The molecule has 0 spiro atoms. The van der Waals surface area contributed by atoms with Crippen molar-refractivity contribution in [1.82, 2.24) is 4.90 Å². The summed E-state index contributed by atoms with van der Waals surface area (Å²) in [4.78, 5) is 18.9. The Labute approximate surface area is 205 Å². The second-order valence-corrected chi connectivity index (χ2v) is 11.1. The first kappa shape index (κ1) is 24.0. The molecule has 34 heavy (non-hydrogen) atoms. The lowest BCUT2D eigenvalue weighted by atomic mass is 9.88. The molecule has 0 fully saturated rings. The summed E-state index contributed by atoms with van der Waals surface area (Å²) in [5.41, 5.74) is 8.26. The van der Waals surface area contributed by atoms with E-state index in [0.29, 0.717) is 22.8 Å². The third kappa shape index (κ3) is 4.58. The number of carbonyl (C=O) groups is 1. The predicted molar refractivity (Wildman–Crippen MR) is 135 cm³/mol. The maximum atomic E-state index is 12.8. The van der Waals surface area contributed by atoms with Gasteiger partial charge in [-0.15, -0.1) is 0 Å². The fourth-order valence-electron chi connectivity index (χ4n) is 4.19. The molecular formula is C26H26ClN3O3S. The number of sulfone groups is 1. The molecule has 4 rings (SSSR count). The SMILES string of the molecule is CN1C(=O)C(C)(c2cccc(-c3cc(Cl)ccc3CCCS(=O)(=O)c3ccccc3)c2)N=C1N. The number of aryl methyl sites for hydroxylation is 1. The predicted octanol–water partition coefficient (Wildman–Crippen LogP) is 4.42. The lowest BCUT2D eigenvalue weighted by Gasteiger charge is -2.21. The van der Waals surface area contributed by atoms with Crippen LogP contribution in [0.3, 0.4) is 0 Å². The highest BCUT2D eigenvalue weighted by Crippen LogP contribution is 2.36. The summed E-state index contributed by atoms with van der Waals surface area (Å²) in [5, 5.41) is 0.575. The zero-order valence-corrected chi connectivity index (χ0v) is 20.6. The maximum absolute atomic E-state index is 12.8. The Morgan fingerprint density at radius 1 is 1.03 bits per heavy atom. The highest BCUT2D eigenvalue weighted by Gasteiger charge is 2.43. The standard InChI is InChI=1S/C26H26ClN3O3S/c1-26(24(31)30(2)25(28)29-26)20-10-6-8-19(16-20)23-17-21(27)14-13-18(23)9-7-15-34(32,33)22-11-4-3-5-12-22/h3-6,8,10-14,16-17H,7,9,15H2,1-2H3,(H2,28,29). The number of hydrogen-bond acceptors (Lipinski definition) is 5. The number of carbonyl (C=O) groups excluding carboxylic acids is 1. The number of halogens is 1. The van der Waals surface area contributed by atoms with Crippen LogP contribution in [0, 0.1) is 0 Å². The molecule has 0 aromatic heterocycles. The number of hydrogen-bond donors (Lipinski definition) is 1. The maximum Gasteiger partial charge on any atom is 0.261 e. The molecule has 0 saturated heterocycles. The van der Waals surface area contributed by atoms with Gasteiger partial charge >= 0.3 is 0 Å². The van der Waals surface area contributed by atoms with E-state index >= 15 is 0 Å². The molecule has 3 aromatic carbocycles. The summed E-state index contributed by atoms with van der Waals surface area (Å²) in [5.74, 6) is 0.0343. The molecular weight excluding hydrogens is 470 g/mol. The Morgan fingerprint density at radius 2 is 1.76 bits per heavy atom. The number of benzene rings is 3. The van der Waals surface area contributed by atoms with Crippen LogP contribution in [0.15, 0.2) is 82.7 Å². The Hall–Kier alpha value is -3.16. The lowest BCUT2D eigenvalue weighted by molar-refractivity contribution is -0.130. The molecule has 1 aliphatic heterocycles. The minimum atomic E-state index is -3.35. The average molecular weight is 496 g/mol. The first-order valence-electron chi connectivity index (χ1n) is 10.9. The quantitative estimate of drug-likeness (QED) is 0.525. The van der Waals surface area contributed by atoms with Gasteiger partial charge in [0.15, 0.2) is 21.3 Å². The van der Waals surface area contributed by atoms with Gasteiger partial charge in [-0.1, -0.05) is 54.1 Å². The number of nitrogens with two attached hydrogens (primary N) is 1. The van der Waals surface area contributed by atoms with Crippen LogP contribution >= 0.6 is 11.6 Å². The van der Waals surface area contributed by atoms with Crippen LogP contribution < -0.4 is 5.73 Å². The zero-order valence-electron chi connectivity index (χ0n) is 19.0. The third-order valence-corrected chi connectivity index (χ3v) is 8.22. The summed E-state index contributed by atoms with van der Waals surface area (Å²) >= 11 is 6.31. The zero-order chi connectivity index (χ0) is 24.5. The van der Waals surface area contributed by atoms with E-state index in [1.54, 1.807) is 50.4 Å². The van der Waals surface area contributed by atoms with Gasteiger partial charge in [-0.05, 0) is 72.4 Å². The van der Waals surface area contributed by atoms with Gasteiger partial charge in [0.2, 0.25) is 0 Å². The van der Waals surface area contributed by atoms with Crippen molar-refractivity contribution in [2.75, 3.05) is 12.8 Å². The molecule has 1 atom stereocenters. The Kier molecular flexibility index (Phi) is 6.51. The molecule has 6 nitrogen and oxygen atoms in total. The number of likely N-dealkylation sites (N-methyl/N-ethyl adjacent to an activating group) is 1. The average Bonchev–Trinajstić information content (AvgIpc) is 3.04. The first-order valence-corrected chi connectivity index (χ1v) is 13.0. The Balaban J connectivity index is 1.61. The minimum absolute atomic E-state index is 0.0476. The Morgan fingerprint density at radius 3 is 2.44 bits per heavy atom. The number of aliphatic imine (C=N–C) groups is 1. The Bertz CT molecular complexity index is 1370. The van der Waals surface area contributed by atoms with Crippen LogP contribution in [0.25, 0.3) is 11.1 Å². The van der Waals surface area contributed by atoms with Gasteiger partial charge in [0.25, 0.3) is 5.91 Å². The van der Waals surface area contributed by atoms with Gasteiger partial charge < -0.3 is 5.73 Å². The fraction of sp³-hybridized carbons (Fsp3) is 0.231. The van der Waals surface area contributed by atoms with Crippen molar-refractivity contribution in [1.29, 1.82) is 0 Å². The first-order chi connectivity index (χ1) is 16.1. The second-order valence-electron chi connectivity index (χ2n) is 8.52. The smallest absolute Gasteiger partial charge is 0.261 e. The normalized spacial score (nSPS) is 18.3. The molecule has 8 heteroatoms. The van der Waals surface area contributed by atoms with Crippen molar-refractivity contribution in [3.63, 3.8) is 0 Å². The summed E-state index contributed by atoms with van der Waals surface area (Å²) in [6, 6.07) is 21.7. The number of nitrogens with zero attached hydrogens (tertiary/aromatic N) is 2. The summed E-state index contributed by atoms with van der Waals surface area (Å²) in [7, 11) is -1.75. The van der Waals surface area contributed by atoms with E-state index in [1.165, 1.54) is 4.90 Å². The van der Waals surface area contributed by atoms with Gasteiger partial charge in [-0.25, -0.2) is 13.4 Å². The monoisotopic (exact) mass is 495 g/mol. The van der Waals surface area contributed by atoms with Gasteiger partial charge in [0.05, 0.1) is 10.6 Å². The van der Waals surface area contributed by atoms with Crippen LogP contribution in [-0.2, 0) is 26.6 Å². The second kappa shape index (κ2) is 9.24. The molecule has 0 bridgehead atoms. The highest BCUT2D eigenvalue weighted by atomic mass is 35.5. The third-order valence-electron chi connectivity index (χ3n) is 6.17. The van der Waals surface area contributed by atoms with E-state index in [9.17, 15) is 13.2 Å². The van der Waals surface area contributed by atoms with E-state index in [1.807, 2.05) is 36.4 Å². The van der Waals surface area contributed by atoms with Crippen molar-refractivity contribution < 1.29 is 13.2 Å². The summed E-state index contributed by atoms with van der Waals surface area (Å²) < 4.78 is 25.3. The number of rotatable bonds is 7. The van der Waals surface area contributed by atoms with Crippen LogP contribution in [0.2, 0.25) is 5.02 Å². The van der Waals surface area contributed by atoms with Crippen LogP contribution in [0.5, 0.6) is 0 Å². The van der Waals surface area contributed by atoms with Crippen molar-refractivity contribution in [3.8, 4) is 11.1 Å². The van der Waals surface area contributed by atoms with E-state index < -0.39 is 15.4 Å². The largest absolute Gasteiger partial charge is 0.369 e. The van der Waals surface area contributed by atoms with E-state index in [4.69, 9.17) is 17.3 Å². The molecule has 0 aliphatic carbocycles. The molecule has 1 amide bonds. The van der Waals surface area contributed by atoms with E-state index in [2.05, 4.69) is 4.99 Å². The van der Waals surface area contributed by atoms with Crippen molar-refractivity contribution in [2.45, 2.75) is 30.2 Å². The van der Waals surface area contributed by atoms with E-state index in [-0.39, 0.29) is 17.6 Å². The molecule has 1 unspecified atom stereocenters. The molecule has 3 aromatic rings. The van der Waals surface area contributed by atoms with Gasteiger partial charge in [-0.3, -0.25) is 9.69 Å². The van der Waals surface area contributed by atoms with Crippen molar-refractivity contribution >= 4 is 33.3 Å². The highest BCUT2D eigenvalue weighted by molar-refractivity contribution is 7.91. The molecule has 0 radical (unpaired) electrons. The summed E-state index contributed by atoms with van der Waals surface area (Å²) in [6.45, 7) is 1.75. The van der Waals surface area contributed by atoms with Crippen LogP contribution in [0.4, 0.5) is 0 Å². The molecule has 176 valence electrons. The van der Waals surface area contributed by atoms with Gasteiger partial charge in [0.1, 0.15) is 0 Å². The molecule has 1 aliphatic rings. The lowest BCUT2D eigenvalue weighted by Crippen LogP contribution is -2.38. The number of amides is 1. The van der Waals surface area contributed by atoms with Crippen LogP contribution in [0.1, 0.15) is 24.5 Å². The summed E-state index contributed by atoms with van der Waals surface area (Å²) in [6.07, 6.45) is 1.03. The number of guanidine groups is 1. The van der Waals surface area contributed by atoms with Gasteiger partial charge in [-0.2, -0.15) is 0 Å². The minimum Gasteiger partial charge on any atom is -0.369 e. The molecule has 2 N–H and O–H groups in total.